The van der Waals surface area contributed by atoms with Gasteiger partial charge in [0, 0.05) is 18.0 Å². The maximum Gasteiger partial charge on any atom is 0.272 e. The zero-order chi connectivity index (χ0) is 16.8. The van der Waals surface area contributed by atoms with Crippen molar-refractivity contribution in [2.24, 2.45) is 5.10 Å². The van der Waals surface area contributed by atoms with Crippen molar-refractivity contribution < 1.29 is 9.21 Å². The number of furan rings is 1. The summed E-state index contributed by atoms with van der Waals surface area (Å²) < 4.78 is 5.63. The van der Waals surface area contributed by atoms with Crippen LogP contribution >= 0.6 is 0 Å². The molecule has 0 aliphatic rings. The predicted octanol–water partition coefficient (Wildman–Crippen LogP) is 2.98. The highest BCUT2D eigenvalue weighted by Gasteiger charge is 2.05. The fourth-order valence-electron chi connectivity index (χ4n) is 2.00. The van der Waals surface area contributed by atoms with E-state index in [9.17, 15) is 4.79 Å². The molecule has 0 saturated carbocycles. The van der Waals surface area contributed by atoms with Gasteiger partial charge in [0.1, 0.15) is 11.5 Å². The number of aromatic nitrogens is 1. The molecule has 0 radical (unpaired) electrons. The van der Waals surface area contributed by atoms with Gasteiger partial charge < -0.3 is 4.42 Å². The van der Waals surface area contributed by atoms with Gasteiger partial charge in [-0.2, -0.15) is 10.4 Å². The SMILES string of the molecule is N#Cc1ccc(-c2ccc(/C=N\NC(=O)c3cccnc3)o2)cc1. The Morgan fingerprint density at radius 3 is 2.75 bits per heavy atom. The Morgan fingerprint density at radius 1 is 1.21 bits per heavy atom. The molecule has 0 fully saturated rings. The van der Waals surface area contributed by atoms with E-state index in [2.05, 4.69) is 21.6 Å². The van der Waals surface area contributed by atoms with Crippen LogP contribution < -0.4 is 5.43 Å². The Morgan fingerprint density at radius 2 is 2.04 bits per heavy atom. The number of hydrogen-bond acceptors (Lipinski definition) is 5. The maximum absolute atomic E-state index is 11.8. The van der Waals surface area contributed by atoms with E-state index in [1.165, 1.54) is 12.4 Å². The Labute approximate surface area is 138 Å². The number of pyridine rings is 1. The number of nitrogens with one attached hydrogen (secondary N) is 1. The second-order valence-electron chi connectivity index (χ2n) is 4.83. The predicted molar refractivity (Wildman–Crippen MR) is 88.2 cm³/mol. The van der Waals surface area contributed by atoms with Crippen LogP contribution in [0.3, 0.4) is 0 Å². The molecule has 0 unspecified atom stereocenters. The van der Waals surface area contributed by atoms with Crippen molar-refractivity contribution in [1.29, 1.82) is 5.26 Å². The normalized spacial score (nSPS) is 10.5. The number of carbonyl (C=O) groups excluding carboxylic acids is 1. The van der Waals surface area contributed by atoms with E-state index in [4.69, 9.17) is 9.68 Å². The van der Waals surface area contributed by atoms with Crippen molar-refractivity contribution in [1.82, 2.24) is 10.4 Å². The lowest BCUT2D eigenvalue weighted by Crippen LogP contribution is -2.17. The van der Waals surface area contributed by atoms with Gasteiger partial charge in [0.05, 0.1) is 23.4 Å². The lowest BCUT2D eigenvalue weighted by atomic mass is 10.1. The summed E-state index contributed by atoms with van der Waals surface area (Å²) in [5.41, 5.74) is 4.27. The highest BCUT2D eigenvalue weighted by Crippen LogP contribution is 2.21. The standard InChI is InChI=1S/C18H12N4O2/c19-10-13-3-5-14(6-4-13)17-8-7-16(24-17)12-21-22-18(23)15-2-1-9-20-11-15/h1-9,11-12H,(H,22,23)/b21-12-. The number of hydrogen-bond donors (Lipinski definition) is 1. The molecule has 6 nitrogen and oxygen atoms in total. The number of rotatable bonds is 4. The molecule has 0 spiro atoms. The van der Waals surface area contributed by atoms with Crippen LogP contribution in [0.25, 0.3) is 11.3 Å². The summed E-state index contributed by atoms with van der Waals surface area (Å²) in [5.74, 6) is 0.804. The third-order valence-electron chi connectivity index (χ3n) is 3.21. The van der Waals surface area contributed by atoms with Crippen molar-refractivity contribution in [3.63, 3.8) is 0 Å². The summed E-state index contributed by atoms with van der Waals surface area (Å²) in [7, 11) is 0. The molecule has 2 aromatic heterocycles. The van der Waals surface area contributed by atoms with Gasteiger partial charge in [-0.05, 0) is 48.5 Å². The van der Waals surface area contributed by atoms with Crippen LogP contribution in [0.2, 0.25) is 0 Å². The summed E-state index contributed by atoms with van der Waals surface area (Å²) in [5, 5.41) is 12.7. The maximum atomic E-state index is 11.8. The van der Waals surface area contributed by atoms with Gasteiger partial charge in [-0.25, -0.2) is 5.43 Å². The van der Waals surface area contributed by atoms with Gasteiger partial charge in [-0.1, -0.05) is 0 Å². The number of carbonyl (C=O) groups is 1. The second-order valence-corrected chi connectivity index (χ2v) is 4.83. The molecule has 3 rings (SSSR count). The van der Waals surface area contributed by atoms with Gasteiger partial charge >= 0.3 is 0 Å². The van der Waals surface area contributed by atoms with Gasteiger partial charge in [-0.15, -0.1) is 0 Å². The van der Waals surface area contributed by atoms with Gasteiger partial charge in [-0.3, -0.25) is 9.78 Å². The largest absolute Gasteiger partial charge is 0.455 e. The van der Waals surface area contributed by atoms with E-state index in [-0.39, 0.29) is 5.91 Å². The molecule has 3 aromatic rings. The molecule has 6 heteroatoms. The number of benzene rings is 1. The first-order chi connectivity index (χ1) is 11.8. The molecule has 24 heavy (non-hydrogen) atoms. The smallest absolute Gasteiger partial charge is 0.272 e. The van der Waals surface area contributed by atoms with Crippen LogP contribution in [0.5, 0.6) is 0 Å². The Balaban J connectivity index is 1.65. The summed E-state index contributed by atoms with van der Waals surface area (Å²) in [4.78, 5) is 15.7. The van der Waals surface area contributed by atoms with Crippen LogP contribution in [-0.4, -0.2) is 17.1 Å². The van der Waals surface area contributed by atoms with Crippen LogP contribution in [0.4, 0.5) is 0 Å². The summed E-state index contributed by atoms with van der Waals surface area (Å²) >= 11 is 0. The first-order valence-corrected chi connectivity index (χ1v) is 7.10. The van der Waals surface area contributed by atoms with E-state index in [1.54, 1.807) is 42.6 Å². The average Bonchev–Trinajstić information content (AvgIpc) is 3.11. The molecule has 116 valence electrons. The van der Waals surface area contributed by atoms with Crippen molar-refractivity contribution in [2.75, 3.05) is 0 Å². The van der Waals surface area contributed by atoms with E-state index in [0.717, 1.165) is 5.56 Å². The number of hydrazone groups is 1. The summed E-state index contributed by atoms with van der Waals surface area (Å²) in [6, 6.07) is 16.0. The third-order valence-corrected chi connectivity index (χ3v) is 3.21. The molecular formula is C18H12N4O2. The fraction of sp³-hybridized carbons (Fsp3) is 0. The van der Waals surface area contributed by atoms with Crippen molar-refractivity contribution in [3.8, 4) is 17.4 Å². The quantitative estimate of drug-likeness (QED) is 0.591. The van der Waals surface area contributed by atoms with Gasteiger partial charge in [0.25, 0.3) is 5.91 Å². The van der Waals surface area contributed by atoms with Crippen molar-refractivity contribution >= 4 is 12.1 Å². The number of amides is 1. The monoisotopic (exact) mass is 316 g/mol. The zero-order valence-electron chi connectivity index (χ0n) is 12.5. The van der Waals surface area contributed by atoms with Crippen LogP contribution in [-0.2, 0) is 0 Å². The van der Waals surface area contributed by atoms with E-state index in [0.29, 0.717) is 22.6 Å². The Bertz CT molecular complexity index is 906. The second kappa shape index (κ2) is 7.03. The first kappa shape index (κ1) is 15.2. The zero-order valence-corrected chi connectivity index (χ0v) is 12.5. The molecule has 0 aliphatic carbocycles. The highest BCUT2D eigenvalue weighted by molar-refractivity contribution is 5.94. The molecule has 1 amide bonds. The fourth-order valence-corrected chi connectivity index (χ4v) is 2.00. The molecular weight excluding hydrogens is 304 g/mol. The van der Waals surface area contributed by atoms with Crippen LogP contribution in [0, 0.1) is 11.3 Å². The summed E-state index contributed by atoms with van der Waals surface area (Å²) in [6.45, 7) is 0. The molecule has 2 heterocycles. The van der Waals surface area contributed by atoms with Crippen molar-refractivity contribution in [3.05, 3.63) is 77.8 Å². The Hall–Kier alpha value is -3.72. The Kier molecular flexibility index (Phi) is 4.45. The van der Waals surface area contributed by atoms with Crippen molar-refractivity contribution in [2.45, 2.75) is 0 Å². The van der Waals surface area contributed by atoms with Crippen LogP contribution in [0.1, 0.15) is 21.7 Å². The molecule has 0 aliphatic heterocycles. The minimum absolute atomic E-state index is 0.349. The van der Waals surface area contributed by atoms with Gasteiger partial charge in [0.15, 0.2) is 0 Å². The van der Waals surface area contributed by atoms with Crippen LogP contribution in [0.15, 0.2) is 70.4 Å². The van der Waals surface area contributed by atoms with E-state index in [1.807, 2.05) is 12.1 Å². The summed E-state index contributed by atoms with van der Waals surface area (Å²) in [6.07, 6.45) is 4.47. The average molecular weight is 316 g/mol. The minimum Gasteiger partial charge on any atom is -0.455 e. The number of nitriles is 1. The van der Waals surface area contributed by atoms with Gasteiger partial charge in [0.2, 0.25) is 0 Å². The van der Waals surface area contributed by atoms with E-state index < -0.39 is 0 Å². The topological polar surface area (TPSA) is 91.3 Å². The molecule has 0 atom stereocenters. The molecule has 0 bridgehead atoms. The molecule has 1 N–H and O–H groups in total. The third kappa shape index (κ3) is 3.54. The molecule has 0 saturated heterocycles. The highest BCUT2D eigenvalue weighted by atomic mass is 16.3. The lowest BCUT2D eigenvalue weighted by molar-refractivity contribution is 0.0955. The van der Waals surface area contributed by atoms with E-state index >= 15 is 0 Å². The molecule has 1 aromatic carbocycles. The lowest BCUT2D eigenvalue weighted by Gasteiger charge is -1.98. The number of nitrogens with zero attached hydrogens (tertiary/aromatic N) is 3. The first-order valence-electron chi connectivity index (χ1n) is 7.10. The minimum atomic E-state index is -0.349.